The van der Waals surface area contributed by atoms with Crippen LogP contribution in [0.2, 0.25) is 0 Å². The molecule has 0 radical (unpaired) electrons. The number of nitrogens with zero attached hydrogens (tertiary/aromatic N) is 3. The Kier molecular flexibility index (Phi) is 5.38. The molecule has 1 aromatic heterocycles. The van der Waals surface area contributed by atoms with E-state index in [0.29, 0.717) is 18.8 Å². The summed E-state index contributed by atoms with van der Waals surface area (Å²) >= 11 is 0. The molecular formula is C15H24N4O2. The van der Waals surface area contributed by atoms with E-state index in [9.17, 15) is 4.79 Å². The summed E-state index contributed by atoms with van der Waals surface area (Å²) < 4.78 is 7.40. The number of hydrogen-bond donors (Lipinski definition) is 1. The fourth-order valence-electron chi connectivity index (χ4n) is 2.38. The molecule has 0 spiro atoms. The Morgan fingerprint density at radius 1 is 1.67 bits per heavy atom. The number of amides is 2. The first-order valence-corrected chi connectivity index (χ1v) is 7.43. The van der Waals surface area contributed by atoms with Crippen LogP contribution < -0.4 is 5.32 Å². The molecule has 0 bridgehead atoms. The van der Waals surface area contributed by atoms with Gasteiger partial charge >= 0.3 is 6.03 Å². The molecule has 0 aromatic carbocycles. The molecule has 1 atom stereocenters. The predicted octanol–water partition coefficient (Wildman–Crippen LogP) is 2.49. The third-order valence-electron chi connectivity index (χ3n) is 3.43. The van der Waals surface area contributed by atoms with Gasteiger partial charge in [-0.2, -0.15) is 5.10 Å². The van der Waals surface area contributed by atoms with Gasteiger partial charge in [-0.3, -0.25) is 4.68 Å². The Bertz CT molecular complexity index is 492. The van der Waals surface area contributed by atoms with Gasteiger partial charge in [-0.05, 0) is 26.7 Å². The minimum Gasteiger partial charge on any atom is -0.376 e. The highest BCUT2D eigenvalue weighted by atomic mass is 16.5. The summed E-state index contributed by atoms with van der Waals surface area (Å²) in [7, 11) is 0. The summed E-state index contributed by atoms with van der Waals surface area (Å²) in [6.45, 7) is 10.5. The van der Waals surface area contributed by atoms with Gasteiger partial charge in [0.05, 0.1) is 24.5 Å². The van der Waals surface area contributed by atoms with Gasteiger partial charge in [-0.15, -0.1) is 0 Å². The molecule has 2 amide bonds. The zero-order valence-corrected chi connectivity index (χ0v) is 12.8. The van der Waals surface area contributed by atoms with Crippen LogP contribution in [0.1, 0.15) is 26.7 Å². The summed E-state index contributed by atoms with van der Waals surface area (Å²) in [6, 6.07) is -0.128. The zero-order valence-electron chi connectivity index (χ0n) is 12.8. The molecule has 1 fully saturated rings. The van der Waals surface area contributed by atoms with Crippen molar-refractivity contribution in [3.05, 3.63) is 24.5 Å². The van der Waals surface area contributed by atoms with Crippen molar-refractivity contribution in [2.75, 3.05) is 25.0 Å². The number of urea groups is 1. The normalized spacial score (nSPS) is 17.7. The number of carbonyl (C=O) groups excluding carboxylic acids is 1. The van der Waals surface area contributed by atoms with E-state index in [4.69, 9.17) is 4.74 Å². The van der Waals surface area contributed by atoms with Crippen LogP contribution in [0.4, 0.5) is 10.5 Å². The Labute approximate surface area is 125 Å². The lowest BCUT2D eigenvalue weighted by Gasteiger charge is -2.20. The number of hydrogen-bond acceptors (Lipinski definition) is 3. The van der Waals surface area contributed by atoms with Crippen LogP contribution in [0.15, 0.2) is 24.5 Å². The minimum absolute atomic E-state index is 0.128. The molecule has 1 aromatic rings. The summed E-state index contributed by atoms with van der Waals surface area (Å²) in [4.78, 5) is 13.9. The average molecular weight is 292 g/mol. The molecule has 0 unspecified atom stereocenters. The van der Waals surface area contributed by atoms with E-state index in [2.05, 4.69) is 17.0 Å². The lowest BCUT2D eigenvalue weighted by atomic mass is 10.2. The molecule has 0 aliphatic carbocycles. The molecular weight excluding hydrogens is 268 g/mol. The number of ether oxygens (including phenoxy) is 1. The van der Waals surface area contributed by atoms with Crippen LogP contribution in [0.3, 0.4) is 0 Å². The number of rotatable bonds is 6. The van der Waals surface area contributed by atoms with E-state index >= 15 is 0 Å². The topological polar surface area (TPSA) is 59.4 Å². The van der Waals surface area contributed by atoms with Crippen molar-refractivity contribution < 1.29 is 9.53 Å². The fourth-order valence-corrected chi connectivity index (χ4v) is 2.38. The van der Waals surface area contributed by atoms with Gasteiger partial charge in [0.2, 0.25) is 0 Å². The predicted molar refractivity (Wildman–Crippen MR) is 82.3 cm³/mol. The highest BCUT2D eigenvalue weighted by molar-refractivity contribution is 5.89. The van der Waals surface area contributed by atoms with Crippen LogP contribution in [-0.4, -0.2) is 46.5 Å². The van der Waals surface area contributed by atoms with E-state index in [-0.39, 0.29) is 12.1 Å². The second kappa shape index (κ2) is 7.26. The average Bonchev–Trinajstić information content (AvgIpc) is 3.08. The van der Waals surface area contributed by atoms with Gasteiger partial charge in [0.25, 0.3) is 0 Å². The highest BCUT2D eigenvalue weighted by Crippen LogP contribution is 2.15. The van der Waals surface area contributed by atoms with Crippen LogP contribution in [0.5, 0.6) is 0 Å². The van der Waals surface area contributed by atoms with Gasteiger partial charge < -0.3 is 15.0 Å². The molecule has 1 aliphatic heterocycles. The maximum Gasteiger partial charge on any atom is 0.322 e. The molecule has 0 saturated carbocycles. The standard InChI is InChI=1S/C15H24N4O2/c1-4-18(9-12(2)3)15(20)17-13-8-16-19(10-13)11-14-6-5-7-21-14/h8,10,14H,2,4-7,9,11H2,1,3H3,(H,17,20)/t14-/m1/s1. The Morgan fingerprint density at radius 2 is 2.48 bits per heavy atom. The third-order valence-corrected chi connectivity index (χ3v) is 3.43. The van der Waals surface area contributed by atoms with Gasteiger partial charge in [0, 0.05) is 25.9 Å². The van der Waals surface area contributed by atoms with Crippen molar-refractivity contribution in [2.45, 2.75) is 39.3 Å². The quantitative estimate of drug-likeness (QED) is 0.819. The lowest BCUT2D eigenvalue weighted by Crippen LogP contribution is -2.35. The second-order valence-electron chi connectivity index (χ2n) is 5.49. The third kappa shape index (κ3) is 4.60. The number of likely N-dealkylation sites (N-methyl/N-ethyl adjacent to an activating group) is 1. The minimum atomic E-state index is -0.128. The fraction of sp³-hybridized carbons (Fsp3) is 0.600. The van der Waals surface area contributed by atoms with E-state index < -0.39 is 0 Å². The second-order valence-corrected chi connectivity index (χ2v) is 5.49. The first-order chi connectivity index (χ1) is 10.1. The van der Waals surface area contributed by atoms with Gasteiger partial charge in [0.1, 0.15) is 0 Å². The molecule has 1 N–H and O–H groups in total. The highest BCUT2D eigenvalue weighted by Gasteiger charge is 2.17. The molecule has 21 heavy (non-hydrogen) atoms. The molecule has 1 aliphatic rings. The number of aromatic nitrogens is 2. The molecule has 2 heterocycles. The van der Waals surface area contributed by atoms with Crippen molar-refractivity contribution >= 4 is 11.7 Å². The number of carbonyl (C=O) groups is 1. The van der Waals surface area contributed by atoms with E-state index in [1.54, 1.807) is 11.1 Å². The maximum absolute atomic E-state index is 12.1. The smallest absolute Gasteiger partial charge is 0.322 e. The van der Waals surface area contributed by atoms with Crippen molar-refractivity contribution in [1.29, 1.82) is 0 Å². The molecule has 6 heteroatoms. The van der Waals surface area contributed by atoms with Gasteiger partial charge in [0.15, 0.2) is 0 Å². The monoisotopic (exact) mass is 292 g/mol. The number of anilines is 1. The van der Waals surface area contributed by atoms with Crippen LogP contribution >= 0.6 is 0 Å². The van der Waals surface area contributed by atoms with Crippen molar-refractivity contribution in [3.8, 4) is 0 Å². The summed E-state index contributed by atoms with van der Waals surface area (Å²) in [5.74, 6) is 0. The van der Waals surface area contributed by atoms with Crippen LogP contribution in [-0.2, 0) is 11.3 Å². The molecule has 1 saturated heterocycles. The number of nitrogens with one attached hydrogen (secondary N) is 1. The zero-order chi connectivity index (χ0) is 15.2. The Hall–Kier alpha value is -1.82. The van der Waals surface area contributed by atoms with Gasteiger partial charge in [-0.1, -0.05) is 12.2 Å². The summed E-state index contributed by atoms with van der Waals surface area (Å²) in [5, 5.41) is 7.13. The summed E-state index contributed by atoms with van der Waals surface area (Å²) in [6.07, 6.45) is 5.94. The lowest BCUT2D eigenvalue weighted by molar-refractivity contribution is 0.0940. The Morgan fingerprint density at radius 3 is 3.10 bits per heavy atom. The van der Waals surface area contributed by atoms with E-state index in [1.807, 2.05) is 24.7 Å². The first kappa shape index (κ1) is 15.6. The largest absolute Gasteiger partial charge is 0.376 e. The summed E-state index contributed by atoms with van der Waals surface area (Å²) in [5.41, 5.74) is 1.67. The van der Waals surface area contributed by atoms with Crippen molar-refractivity contribution in [1.82, 2.24) is 14.7 Å². The van der Waals surface area contributed by atoms with Gasteiger partial charge in [-0.25, -0.2) is 4.79 Å². The van der Waals surface area contributed by atoms with Crippen LogP contribution in [0, 0.1) is 0 Å². The van der Waals surface area contributed by atoms with E-state index in [1.165, 1.54) is 0 Å². The Balaban J connectivity index is 1.88. The van der Waals surface area contributed by atoms with Crippen molar-refractivity contribution in [3.63, 3.8) is 0 Å². The molecule has 6 nitrogen and oxygen atoms in total. The van der Waals surface area contributed by atoms with Crippen molar-refractivity contribution in [2.24, 2.45) is 0 Å². The maximum atomic E-state index is 12.1. The first-order valence-electron chi connectivity index (χ1n) is 7.43. The molecule has 116 valence electrons. The van der Waals surface area contributed by atoms with Crippen LogP contribution in [0.25, 0.3) is 0 Å². The molecule has 2 rings (SSSR count). The van der Waals surface area contributed by atoms with E-state index in [0.717, 1.165) is 31.6 Å². The SMILES string of the molecule is C=C(C)CN(CC)C(=O)Nc1cnn(C[C@H]2CCCO2)c1.